The van der Waals surface area contributed by atoms with Gasteiger partial charge >= 0.3 is 0 Å². The van der Waals surface area contributed by atoms with E-state index in [9.17, 15) is 0 Å². The molecule has 1 N–H and O–H groups in total. The molecule has 27 heavy (non-hydrogen) atoms. The first kappa shape index (κ1) is 17.5. The van der Waals surface area contributed by atoms with Crippen molar-refractivity contribution in [3.05, 3.63) is 89.6 Å². The van der Waals surface area contributed by atoms with Crippen molar-refractivity contribution in [2.45, 2.75) is 12.5 Å². The first-order valence-electron chi connectivity index (χ1n) is 8.65. The van der Waals surface area contributed by atoms with Gasteiger partial charge in [-0.15, -0.1) is 0 Å². The second-order valence-electron chi connectivity index (χ2n) is 6.22. The summed E-state index contributed by atoms with van der Waals surface area (Å²) in [5, 5.41) is 2.72. The summed E-state index contributed by atoms with van der Waals surface area (Å²) in [4.78, 5) is 8.60. The summed E-state index contributed by atoms with van der Waals surface area (Å²) >= 11 is 6.07. The lowest BCUT2D eigenvalue weighted by Crippen LogP contribution is -2.37. The van der Waals surface area contributed by atoms with E-state index in [1.54, 1.807) is 25.7 Å². The summed E-state index contributed by atoms with van der Waals surface area (Å²) in [5.74, 6) is 0.803. The topological polar surface area (TPSA) is 50.3 Å². The standard InChI is InChI=1S/C21H19ClN4O/c1-27-21-5-3-2-4-20(21)26-14-18(15-6-8-16(22)9-7-15)19(25-26)12-17-13-23-10-11-24-17/h2-11,13-14,19,25H,12H2,1H3. The number of aromatic nitrogens is 2. The second kappa shape index (κ2) is 7.78. The molecule has 1 unspecified atom stereocenters. The highest BCUT2D eigenvalue weighted by atomic mass is 35.5. The zero-order valence-corrected chi connectivity index (χ0v) is 15.6. The van der Waals surface area contributed by atoms with E-state index < -0.39 is 0 Å². The number of hydrogen-bond donors (Lipinski definition) is 1. The van der Waals surface area contributed by atoms with Gasteiger partial charge in [-0.05, 0) is 35.4 Å². The van der Waals surface area contributed by atoms with Gasteiger partial charge in [0.05, 0.1) is 24.5 Å². The maximum Gasteiger partial charge on any atom is 0.143 e. The molecule has 0 aliphatic carbocycles. The molecule has 1 aliphatic rings. The van der Waals surface area contributed by atoms with E-state index in [1.807, 2.05) is 53.5 Å². The number of para-hydroxylation sites is 2. The molecule has 5 nitrogen and oxygen atoms in total. The molecular weight excluding hydrogens is 360 g/mol. The molecule has 1 aliphatic heterocycles. The van der Waals surface area contributed by atoms with Gasteiger partial charge in [0.15, 0.2) is 0 Å². The molecule has 4 rings (SSSR count). The monoisotopic (exact) mass is 378 g/mol. The van der Waals surface area contributed by atoms with Crippen LogP contribution in [0.4, 0.5) is 5.69 Å². The van der Waals surface area contributed by atoms with Crippen molar-refractivity contribution in [3.63, 3.8) is 0 Å². The molecule has 2 heterocycles. The predicted molar refractivity (Wildman–Crippen MR) is 108 cm³/mol. The van der Waals surface area contributed by atoms with Crippen molar-refractivity contribution in [2.75, 3.05) is 12.1 Å². The van der Waals surface area contributed by atoms with E-state index in [0.717, 1.165) is 33.3 Å². The molecule has 3 aromatic rings. The van der Waals surface area contributed by atoms with Gasteiger partial charge in [-0.25, -0.2) is 5.43 Å². The Morgan fingerprint density at radius 2 is 1.93 bits per heavy atom. The first-order chi connectivity index (χ1) is 13.2. The maximum absolute atomic E-state index is 6.07. The van der Waals surface area contributed by atoms with Crippen LogP contribution in [0.25, 0.3) is 5.57 Å². The molecule has 1 aromatic heterocycles. The number of nitrogens with zero attached hydrogens (tertiary/aromatic N) is 3. The highest BCUT2D eigenvalue weighted by molar-refractivity contribution is 6.30. The zero-order chi connectivity index (χ0) is 18.6. The number of halogens is 1. The lowest BCUT2D eigenvalue weighted by molar-refractivity contribution is 0.414. The average Bonchev–Trinajstić information content (AvgIpc) is 3.13. The SMILES string of the molecule is COc1ccccc1N1C=C(c2ccc(Cl)cc2)C(Cc2cnccn2)N1. The maximum atomic E-state index is 6.07. The molecule has 136 valence electrons. The van der Waals surface area contributed by atoms with E-state index in [1.165, 1.54) is 0 Å². The molecule has 0 saturated heterocycles. The fraction of sp³-hybridized carbons (Fsp3) is 0.143. The van der Waals surface area contributed by atoms with Crippen molar-refractivity contribution in [1.29, 1.82) is 0 Å². The summed E-state index contributed by atoms with van der Waals surface area (Å²) in [6.07, 6.45) is 8.01. The van der Waals surface area contributed by atoms with E-state index >= 15 is 0 Å². The number of ether oxygens (including phenoxy) is 1. The molecule has 0 spiro atoms. The van der Waals surface area contributed by atoms with Gasteiger partial charge in [0.2, 0.25) is 0 Å². The van der Waals surface area contributed by atoms with Gasteiger partial charge in [-0.3, -0.25) is 15.0 Å². The highest BCUT2D eigenvalue weighted by Gasteiger charge is 2.27. The fourth-order valence-electron chi connectivity index (χ4n) is 3.19. The van der Waals surface area contributed by atoms with Gasteiger partial charge in [0, 0.05) is 36.2 Å². The minimum atomic E-state index is 0.0489. The van der Waals surface area contributed by atoms with E-state index in [-0.39, 0.29) is 6.04 Å². The fourth-order valence-corrected chi connectivity index (χ4v) is 3.32. The quantitative estimate of drug-likeness (QED) is 0.723. The summed E-state index contributed by atoms with van der Waals surface area (Å²) in [5.41, 5.74) is 7.70. The minimum Gasteiger partial charge on any atom is -0.495 e. The normalized spacial score (nSPS) is 16.3. The van der Waals surface area contributed by atoms with Crippen LogP contribution in [0, 0.1) is 0 Å². The predicted octanol–water partition coefficient (Wildman–Crippen LogP) is 4.12. The van der Waals surface area contributed by atoms with Crippen molar-refractivity contribution in [2.24, 2.45) is 0 Å². The van der Waals surface area contributed by atoms with Crippen LogP contribution >= 0.6 is 11.6 Å². The molecule has 0 amide bonds. The van der Waals surface area contributed by atoms with Crippen molar-refractivity contribution >= 4 is 22.9 Å². The van der Waals surface area contributed by atoms with E-state index in [2.05, 4.69) is 21.6 Å². The van der Waals surface area contributed by atoms with Crippen LogP contribution in [0.1, 0.15) is 11.3 Å². The van der Waals surface area contributed by atoms with Gasteiger partial charge in [0.25, 0.3) is 0 Å². The number of nitrogens with one attached hydrogen (secondary N) is 1. The van der Waals surface area contributed by atoms with Crippen LogP contribution in [-0.2, 0) is 6.42 Å². The number of methoxy groups -OCH3 is 1. The molecular formula is C21H19ClN4O. The number of hydrazine groups is 1. The number of hydrogen-bond acceptors (Lipinski definition) is 5. The van der Waals surface area contributed by atoms with Gasteiger partial charge in [-0.2, -0.15) is 0 Å². The number of anilines is 1. The van der Waals surface area contributed by atoms with Gasteiger partial charge < -0.3 is 4.74 Å². The van der Waals surface area contributed by atoms with Crippen LogP contribution in [0.2, 0.25) is 5.02 Å². The Balaban J connectivity index is 1.70. The van der Waals surface area contributed by atoms with Crippen molar-refractivity contribution in [3.8, 4) is 5.75 Å². The molecule has 0 saturated carbocycles. The summed E-state index contributed by atoms with van der Waals surface area (Å²) in [6, 6.07) is 15.8. The van der Waals surface area contributed by atoms with Crippen LogP contribution < -0.4 is 15.2 Å². The number of benzene rings is 2. The number of rotatable bonds is 5. The summed E-state index contributed by atoms with van der Waals surface area (Å²) in [7, 11) is 1.68. The lowest BCUT2D eigenvalue weighted by Gasteiger charge is -2.22. The van der Waals surface area contributed by atoms with Gasteiger partial charge in [-0.1, -0.05) is 35.9 Å². The Hall–Kier alpha value is -2.89. The lowest BCUT2D eigenvalue weighted by atomic mass is 9.97. The summed E-state index contributed by atoms with van der Waals surface area (Å²) in [6.45, 7) is 0. The molecule has 1 atom stereocenters. The highest BCUT2D eigenvalue weighted by Crippen LogP contribution is 2.34. The smallest absolute Gasteiger partial charge is 0.143 e. The second-order valence-corrected chi connectivity index (χ2v) is 6.65. The molecule has 6 heteroatoms. The molecule has 0 radical (unpaired) electrons. The third-order valence-electron chi connectivity index (χ3n) is 4.49. The minimum absolute atomic E-state index is 0.0489. The van der Waals surface area contributed by atoms with Crippen LogP contribution in [0.15, 0.2) is 73.3 Å². The zero-order valence-electron chi connectivity index (χ0n) is 14.8. The largest absolute Gasteiger partial charge is 0.495 e. The molecule has 0 fully saturated rings. The Morgan fingerprint density at radius 1 is 1.11 bits per heavy atom. The first-order valence-corrected chi connectivity index (χ1v) is 9.03. The van der Waals surface area contributed by atoms with Crippen molar-refractivity contribution in [1.82, 2.24) is 15.4 Å². The molecule has 2 aromatic carbocycles. The Morgan fingerprint density at radius 3 is 2.67 bits per heavy atom. The molecule has 0 bridgehead atoms. The average molecular weight is 379 g/mol. The Labute approximate surface area is 163 Å². The Bertz CT molecular complexity index is 944. The van der Waals surface area contributed by atoms with E-state index in [4.69, 9.17) is 16.3 Å². The third-order valence-corrected chi connectivity index (χ3v) is 4.74. The van der Waals surface area contributed by atoms with Crippen molar-refractivity contribution < 1.29 is 4.74 Å². The Kier molecular flexibility index (Phi) is 5.05. The van der Waals surface area contributed by atoms with Gasteiger partial charge in [0.1, 0.15) is 5.75 Å². The van der Waals surface area contributed by atoms with Crippen LogP contribution in [-0.4, -0.2) is 23.1 Å². The van der Waals surface area contributed by atoms with Crippen LogP contribution in [0.5, 0.6) is 5.75 Å². The van der Waals surface area contributed by atoms with E-state index in [0.29, 0.717) is 6.42 Å². The summed E-state index contributed by atoms with van der Waals surface area (Å²) < 4.78 is 5.52. The van der Waals surface area contributed by atoms with Crippen LogP contribution in [0.3, 0.4) is 0 Å². The third kappa shape index (κ3) is 3.79.